The van der Waals surface area contributed by atoms with Crippen molar-refractivity contribution in [1.82, 2.24) is 15.5 Å². The van der Waals surface area contributed by atoms with Crippen LogP contribution in [-0.2, 0) is 19.1 Å². The lowest BCUT2D eigenvalue weighted by Gasteiger charge is -2.23. The van der Waals surface area contributed by atoms with Crippen molar-refractivity contribution in [3.63, 3.8) is 0 Å². The first-order valence-corrected chi connectivity index (χ1v) is 18.3. The van der Waals surface area contributed by atoms with Crippen LogP contribution in [0.1, 0.15) is 169 Å². The molecule has 0 spiro atoms. The fourth-order valence-electron chi connectivity index (χ4n) is 5.10. The van der Waals surface area contributed by atoms with Crippen molar-refractivity contribution in [3.8, 4) is 0 Å². The molecule has 2 N–H and O–H groups in total. The zero-order valence-corrected chi connectivity index (χ0v) is 29.6. The van der Waals surface area contributed by atoms with E-state index < -0.39 is 11.7 Å². The number of ether oxygens (including phenoxy) is 2. The lowest BCUT2D eigenvalue weighted by Crippen LogP contribution is -2.43. The number of carbonyl (C=O) groups is 3. The Morgan fingerprint density at radius 3 is 1.57 bits per heavy atom. The monoisotopic (exact) mass is 626 g/mol. The van der Waals surface area contributed by atoms with Gasteiger partial charge in [0.05, 0.1) is 19.6 Å². The molecule has 0 radical (unpaired) electrons. The Labute approximate surface area is 271 Å². The molecule has 0 saturated heterocycles. The number of nitrogens with one attached hydrogen (secondary N) is 2. The summed E-state index contributed by atoms with van der Waals surface area (Å²) in [7, 11) is 0. The Balaban J connectivity index is 4.26. The zero-order valence-electron chi connectivity index (χ0n) is 29.6. The summed E-state index contributed by atoms with van der Waals surface area (Å²) in [6, 6.07) is 0. The second kappa shape index (κ2) is 29.9. The first-order chi connectivity index (χ1) is 21.2. The van der Waals surface area contributed by atoms with E-state index in [-0.39, 0.29) is 24.8 Å². The summed E-state index contributed by atoms with van der Waals surface area (Å²) in [5.74, 6) is -0.297. The van der Waals surface area contributed by atoms with Crippen molar-refractivity contribution < 1.29 is 23.9 Å². The highest BCUT2D eigenvalue weighted by Gasteiger charge is 2.17. The van der Waals surface area contributed by atoms with E-state index in [9.17, 15) is 14.4 Å². The number of esters is 1. The second-order valence-corrected chi connectivity index (χ2v) is 13.4. The minimum Gasteiger partial charge on any atom is -0.466 e. The van der Waals surface area contributed by atoms with E-state index in [4.69, 9.17) is 9.47 Å². The summed E-state index contributed by atoms with van der Waals surface area (Å²) in [5.41, 5.74) is -0.573. The molecule has 0 saturated carbocycles. The third kappa shape index (κ3) is 31.6. The molecule has 8 heteroatoms. The normalized spacial score (nSPS) is 11.5. The molecule has 0 rings (SSSR count). The molecule has 0 aromatic carbocycles. The van der Waals surface area contributed by atoms with Gasteiger partial charge in [0.2, 0.25) is 5.91 Å². The summed E-state index contributed by atoms with van der Waals surface area (Å²) < 4.78 is 10.8. The van der Waals surface area contributed by atoms with Crippen LogP contribution >= 0.6 is 0 Å². The van der Waals surface area contributed by atoms with Crippen LogP contribution in [0.4, 0.5) is 4.79 Å². The molecule has 0 atom stereocenters. The lowest BCUT2D eigenvalue weighted by molar-refractivity contribution is -0.144. The fraction of sp³-hybridized carbons (Fsp3) is 0.917. The van der Waals surface area contributed by atoms with Crippen LogP contribution < -0.4 is 10.6 Å². The summed E-state index contributed by atoms with van der Waals surface area (Å²) in [6.45, 7) is 12.4. The quantitative estimate of drug-likeness (QED) is 0.0612. The van der Waals surface area contributed by atoms with Gasteiger partial charge in [0.15, 0.2) is 0 Å². The first kappa shape index (κ1) is 42.2. The lowest BCUT2D eigenvalue weighted by atomic mass is 10.1. The maximum atomic E-state index is 12.6. The molecular weight excluding hydrogens is 554 g/mol. The summed E-state index contributed by atoms with van der Waals surface area (Å²) >= 11 is 0. The Hall–Kier alpha value is -1.83. The third-order valence-corrected chi connectivity index (χ3v) is 7.71. The number of rotatable bonds is 30. The highest BCUT2D eigenvalue weighted by molar-refractivity contribution is 5.78. The van der Waals surface area contributed by atoms with Gasteiger partial charge in [0, 0.05) is 26.2 Å². The molecule has 0 heterocycles. The number of amides is 2. The summed E-state index contributed by atoms with van der Waals surface area (Å²) in [6.07, 6.45) is 24.7. The van der Waals surface area contributed by atoms with Crippen LogP contribution in [0.25, 0.3) is 0 Å². The number of hydrogen-bond donors (Lipinski definition) is 2. The Morgan fingerprint density at radius 1 is 0.591 bits per heavy atom. The highest BCUT2D eigenvalue weighted by atomic mass is 16.6. The van der Waals surface area contributed by atoms with Gasteiger partial charge in [-0.05, 0) is 33.6 Å². The van der Waals surface area contributed by atoms with Gasteiger partial charge in [-0.3, -0.25) is 14.5 Å². The van der Waals surface area contributed by atoms with Crippen LogP contribution in [-0.4, -0.2) is 67.8 Å². The van der Waals surface area contributed by atoms with E-state index >= 15 is 0 Å². The van der Waals surface area contributed by atoms with E-state index in [1.54, 1.807) is 0 Å². The van der Waals surface area contributed by atoms with Gasteiger partial charge in [-0.1, -0.05) is 129 Å². The molecule has 0 unspecified atom stereocenters. The van der Waals surface area contributed by atoms with Crippen molar-refractivity contribution in [2.24, 2.45) is 0 Å². The van der Waals surface area contributed by atoms with Gasteiger partial charge in [-0.2, -0.15) is 0 Å². The van der Waals surface area contributed by atoms with Crippen LogP contribution in [0.15, 0.2) is 0 Å². The average Bonchev–Trinajstić information content (AvgIpc) is 2.96. The van der Waals surface area contributed by atoms with E-state index in [0.29, 0.717) is 32.8 Å². The molecule has 0 aromatic heterocycles. The standard InChI is InChI=1S/C36H71N3O5/c1-6-8-10-12-14-16-18-20-22-24-27-37-33(40)32-39(30-28-38-35(42)44-36(3,4)5)29-26-34(41)43-31-25-23-21-19-17-15-13-11-9-7-2/h6-32H2,1-5H3,(H,37,40)(H,38,42). The molecule has 44 heavy (non-hydrogen) atoms. The van der Waals surface area contributed by atoms with E-state index in [2.05, 4.69) is 24.5 Å². The number of hydrogen-bond acceptors (Lipinski definition) is 6. The highest BCUT2D eigenvalue weighted by Crippen LogP contribution is 2.12. The van der Waals surface area contributed by atoms with Crippen molar-refractivity contribution in [1.29, 1.82) is 0 Å². The van der Waals surface area contributed by atoms with Crippen LogP contribution in [0.3, 0.4) is 0 Å². The molecule has 0 fully saturated rings. The maximum Gasteiger partial charge on any atom is 0.407 e. The molecular formula is C36H71N3O5. The summed E-state index contributed by atoms with van der Waals surface area (Å²) in [5, 5.41) is 5.77. The average molecular weight is 626 g/mol. The van der Waals surface area contributed by atoms with Crippen molar-refractivity contribution in [2.45, 2.75) is 175 Å². The molecule has 260 valence electrons. The smallest absolute Gasteiger partial charge is 0.407 e. The number of carbonyl (C=O) groups excluding carboxylic acids is 3. The van der Waals surface area contributed by atoms with Crippen molar-refractivity contribution in [2.75, 3.05) is 39.3 Å². The molecule has 2 amide bonds. The van der Waals surface area contributed by atoms with Gasteiger partial charge in [0.25, 0.3) is 0 Å². The second-order valence-electron chi connectivity index (χ2n) is 13.4. The number of nitrogens with zero attached hydrogens (tertiary/aromatic N) is 1. The zero-order chi connectivity index (χ0) is 32.7. The van der Waals surface area contributed by atoms with Gasteiger partial charge < -0.3 is 20.1 Å². The third-order valence-electron chi connectivity index (χ3n) is 7.71. The molecule has 0 aliphatic heterocycles. The van der Waals surface area contributed by atoms with Crippen LogP contribution in [0.2, 0.25) is 0 Å². The van der Waals surface area contributed by atoms with Gasteiger partial charge >= 0.3 is 12.1 Å². The van der Waals surface area contributed by atoms with Crippen molar-refractivity contribution >= 4 is 18.0 Å². The first-order valence-electron chi connectivity index (χ1n) is 18.3. The Morgan fingerprint density at radius 2 is 1.07 bits per heavy atom. The van der Waals surface area contributed by atoms with E-state index in [1.165, 1.54) is 103 Å². The predicted molar refractivity (Wildman–Crippen MR) is 183 cm³/mol. The SMILES string of the molecule is CCCCCCCCCCCCNC(=O)CN(CCNC(=O)OC(C)(C)C)CCC(=O)OCCCCCCCCCCCC. The molecule has 0 aromatic rings. The molecule has 8 nitrogen and oxygen atoms in total. The molecule has 0 aliphatic rings. The van der Waals surface area contributed by atoms with E-state index in [1.807, 2.05) is 25.7 Å². The predicted octanol–water partition coefficient (Wildman–Crippen LogP) is 8.70. The minimum absolute atomic E-state index is 0.0584. The Bertz CT molecular complexity index is 696. The molecule has 0 aliphatic carbocycles. The maximum absolute atomic E-state index is 12.6. The van der Waals surface area contributed by atoms with Crippen LogP contribution in [0, 0.1) is 0 Å². The van der Waals surface area contributed by atoms with Gasteiger partial charge in [-0.25, -0.2) is 4.79 Å². The summed E-state index contributed by atoms with van der Waals surface area (Å²) in [4.78, 5) is 39.0. The van der Waals surface area contributed by atoms with Crippen LogP contribution in [0.5, 0.6) is 0 Å². The fourth-order valence-corrected chi connectivity index (χ4v) is 5.10. The van der Waals surface area contributed by atoms with Gasteiger partial charge in [-0.15, -0.1) is 0 Å². The van der Waals surface area contributed by atoms with E-state index in [0.717, 1.165) is 25.7 Å². The largest absolute Gasteiger partial charge is 0.466 e. The molecule has 0 bridgehead atoms. The number of unbranched alkanes of at least 4 members (excludes halogenated alkanes) is 18. The Kier molecular flexibility index (Phi) is 28.6. The number of alkyl carbamates (subject to hydrolysis) is 1. The van der Waals surface area contributed by atoms with Gasteiger partial charge in [0.1, 0.15) is 5.60 Å². The van der Waals surface area contributed by atoms with Crippen molar-refractivity contribution in [3.05, 3.63) is 0 Å². The minimum atomic E-state index is -0.573. The topological polar surface area (TPSA) is 97.0 Å².